The van der Waals surface area contributed by atoms with Gasteiger partial charge in [0.1, 0.15) is 10.7 Å². The molecule has 0 bridgehead atoms. The van der Waals surface area contributed by atoms with Crippen LogP contribution in [-0.4, -0.2) is 32.4 Å². The summed E-state index contributed by atoms with van der Waals surface area (Å²) in [5.74, 6) is -0.716. The third kappa shape index (κ3) is 5.25. The van der Waals surface area contributed by atoms with Gasteiger partial charge in [0.15, 0.2) is 0 Å². The van der Waals surface area contributed by atoms with Crippen LogP contribution in [0, 0.1) is 5.82 Å². The monoisotopic (exact) mass is 384 g/mol. The van der Waals surface area contributed by atoms with Gasteiger partial charge in [0.05, 0.1) is 0 Å². The number of piperidine rings is 1. The van der Waals surface area contributed by atoms with E-state index in [-0.39, 0.29) is 23.3 Å². The molecule has 2 aromatic carbocycles. The van der Waals surface area contributed by atoms with E-state index >= 15 is 0 Å². The number of likely N-dealkylation sites (tertiary alicyclic amines) is 1. The lowest BCUT2D eigenvalue weighted by atomic mass is 10.1. The molecule has 25 heavy (non-hydrogen) atoms. The van der Waals surface area contributed by atoms with Crippen LogP contribution in [0.5, 0.6) is 0 Å². The molecule has 0 aliphatic carbocycles. The number of benzene rings is 2. The molecule has 1 aliphatic heterocycles. The van der Waals surface area contributed by atoms with Gasteiger partial charge >= 0.3 is 0 Å². The number of sulfonamides is 1. The van der Waals surface area contributed by atoms with Crippen LogP contribution in [0.15, 0.2) is 59.5 Å². The standard InChI is InChI=1S/C18H21FN2O2S.ClH/c19-17-8-4-5-9-18(17)24(22,23)20-16-10-12-21(13-11-16)14-15-6-2-1-3-7-15;/h1-9,16,20H,10-14H2;1H. The van der Waals surface area contributed by atoms with Crippen LogP contribution in [0.1, 0.15) is 18.4 Å². The number of nitrogens with one attached hydrogen (secondary N) is 1. The molecule has 1 fully saturated rings. The molecule has 1 N–H and O–H groups in total. The lowest BCUT2D eigenvalue weighted by Crippen LogP contribution is -2.44. The average Bonchev–Trinajstić information content (AvgIpc) is 2.58. The molecule has 0 radical (unpaired) electrons. The third-order valence-electron chi connectivity index (χ3n) is 4.28. The van der Waals surface area contributed by atoms with E-state index in [0.717, 1.165) is 38.5 Å². The van der Waals surface area contributed by atoms with Crippen molar-refractivity contribution in [3.8, 4) is 0 Å². The predicted octanol–water partition coefficient (Wildman–Crippen LogP) is 3.19. The minimum Gasteiger partial charge on any atom is -0.299 e. The summed E-state index contributed by atoms with van der Waals surface area (Å²) in [6.45, 7) is 2.51. The Bertz CT molecular complexity index is 779. The molecule has 7 heteroatoms. The second-order valence-electron chi connectivity index (χ2n) is 6.09. The van der Waals surface area contributed by atoms with Gasteiger partial charge in [-0.3, -0.25) is 4.90 Å². The minimum absolute atomic E-state index is 0. The zero-order valence-corrected chi connectivity index (χ0v) is 15.4. The molecule has 4 nitrogen and oxygen atoms in total. The maximum atomic E-state index is 13.7. The molecule has 1 aliphatic rings. The number of nitrogens with zero attached hydrogens (tertiary/aromatic N) is 1. The Labute approximate surface area is 154 Å². The molecule has 1 heterocycles. The first-order valence-corrected chi connectivity index (χ1v) is 9.56. The molecule has 0 saturated carbocycles. The summed E-state index contributed by atoms with van der Waals surface area (Å²) in [5.41, 5.74) is 1.25. The Kier molecular flexibility index (Phi) is 6.95. The van der Waals surface area contributed by atoms with Crippen molar-refractivity contribution in [2.75, 3.05) is 13.1 Å². The van der Waals surface area contributed by atoms with E-state index in [9.17, 15) is 12.8 Å². The van der Waals surface area contributed by atoms with Crippen LogP contribution in [0.3, 0.4) is 0 Å². The molecule has 0 unspecified atom stereocenters. The zero-order chi connectivity index (χ0) is 17.0. The fourth-order valence-electron chi connectivity index (χ4n) is 3.00. The molecule has 0 aromatic heterocycles. The first kappa shape index (κ1) is 19.8. The summed E-state index contributed by atoms with van der Waals surface area (Å²) in [6, 6.07) is 15.5. The molecule has 0 amide bonds. The van der Waals surface area contributed by atoms with Crippen molar-refractivity contribution in [1.82, 2.24) is 9.62 Å². The molecular weight excluding hydrogens is 363 g/mol. The number of hydrogen-bond acceptors (Lipinski definition) is 3. The van der Waals surface area contributed by atoms with Crippen molar-refractivity contribution in [1.29, 1.82) is 0 Å². The fraction of sp³-hybridized carbons (Fsp3) is 0.333. The molecule has 1 saturated heterocycles. The van der Waals surface area contributed by atoms with Crippen molar-refractivity contribution in [2.24, 2.45) is 0 Å². The van der Waals surface area contributed by atoms with Gasteiger partial charge in [-0.05, 0) is 30.5 Å². The van der Waals surface area contributed by atoms with Crippen molar-refractivity contribution in [3.05, 3.63) is 66.0 Å². The first-order chi connectivity index (χ1) is 11.5. The lowest BCUT2D eigenvalue weighted by molar-refractivity contribution is 0.200. The normalized spacial score (nSPS) is 16.4. The largest absolute Gasteiger partial charge is 0.299 e. The highest BCUT2D eigenvalue weighted by atomic mass is 35.5. The van der Waals surface area contributed by atoms with Gasteiger partial charge < -0.3 is 0 Å². The van der Waals surface area contributed by atoms with E-state index in [0.29, 0.717) is 0 Å². The van der Waals surface area contributed by atoms with E-state index in [1.807, 2.05) is 18.2 Å². The van der Waals surface area contributed by atoms with E-state index in [4.69, 9.17) is 0 Å². The maximum absolute atomic E-state index is 13.7. The minimum atomic E-state index is -3.81. The summed E-state index contributed by atoms with van der Waals surface area (Å²) >= 11 is 0. The van der Waals surface area contributed by atoms with Gasteiger partial charge in [-0.15, -0.1) is 12.4 Å². The SMILES string of the molecule is Cl.O=S(=O)(NC1CCN(Cc2ccccc2)CC1)c1ccccc1F. The van der Waals surface area contributed by atoms with Gasteiger partial charge in [-0.25, -0.2) is 17.5 Å². The van der Waals surface area contributed by atoms with Gasteiger partial charge in [-0.1, -0.05) is 42.5 Å². The van der Waals surface area contributed by atoms with Gasteiger partial charge in [0.2, 0.25) is 10.0 Å². The molecular formula is C18H22ClFN2O2S. The van der Waals surface area contributed by atoms with Gasteiger partial charge in [0, 0.05) is 25.7 Å². The van der Waals surface area contributed by atoms with Crippen LogP contribution in [0.25, 0.3) is 0 Å². The Morgan fingerprint density at radius 3 is 2.24 bits per heavy atom. The average molecular weight is 385 g/mol. The second kappa shape index (κ2) is 8.76. The van der Waals surface area contributed by atoms with Crippen LogP contribution in [0.2, 0.25) is 0 Å². The van der Waals surface area contributed by atoms with Crippen molar-refractivity contribution in [2.45, 2.75) is 30.3 Å². The third-order valence-corrected chi connectivity index (χ3v) is 5.84. The summed E-state index contributed by atoms with van der Waals surface area (Å²) in [4.78, 5) is 2.03. The lowest BCUT2D eigenvalue weighted by Gasteiger charge is -2.32. The highest BCUT2D eigenvalue weighted by Crippen LogP contribution is 2.18. The summed E-state index contributed by atoms with van der Waals surface area (Å²) in [6.07, 6.45) is 1.45. The summed E-state index contributed by atoms with van der Waals surface area (Å²) in [7, 11) is -3.81. The van der Waals surface area contributed by atoms with E-state index < -0.39 is 15.8 Å². The quantitative estimate of drug-likeness (QED) is 0.861. The van der Waals surface area contributed by atoms with E-state index in [1.165, 1.54) is 23.8 Å². The summed E-state index contributed by atoms with van der Waals surface area (Å²) < 4.78 is 41.0. The Balaban J connectivity index is 0.00000225. The van der Waals surface area contributed by atoms with Gasteiger partial charge in [-0.2, -0.15) is 0 Å². The van der Waals surface area contributed by atoms with Crippen LogP contribution in [0.4, 0.5) is 4.39 Å². The first-order valence-electron chi connectivity index (χ1n) is 8.08. The van der Waals surface area contributed by atoms with Crippen LogP contribution < -0.4 is 4.72 Å². The van der Waals surface area contributed by atoms with E-state index in [1.54, 1.807) is 0 Å². The topological polar surface area (TPSA) is 49.4 Å². The van der Waals surface area contributed by atoms with E-state index in [2.05, 4.69) is 21.8 Å². The molecule has 3 rings (SSSR count). The Morgan fingerprint density at radius 2 is 1.60 bits per heavy atom. The smallest absolute Gasteiger partial charge is 0.243 e. The van der Waals surface area contributed by atoms with Crippen molar-refractivity contribution >= 4 is 22.4 Å². The predicted molar refractivity (Wildman–Crippen MR) is 98.7 cm³/mol. The molecule has 136 valence electrons. The maximum Gasteiger partial charge on any atom is 0.243 e. The Hall–Kier alpha value is -1.47. The molecule has 2 aromatic rings. The van der Waals surface area contributed by atoms with Crippen molar-refractivity contribution < 1.29 is 12.8 Å². The Morgan fingerprint density at radius 1 is 1.00 bits per heavy atom. The highest BCUT2D eigenvalue weighted by molar-refractivity contribution is 7.89. The van der Waals surface area contributed by atoms with Crippen LogP contribution in [-0.2, 0) is 16.6 Å². The highest BCUT2D eigenvalue weighted by Gasteiger charge is 2.26. The molecule has 0 atom stereocenters. The fourth-order valence-corrected chi connectivity index (χ4v) is 4.38. The molecule has 0 spiro atoms. The second-order valence-corrected chi connectivity index (χ2v) is 7.77. The number of rotatable bonds is 5. The summed E-state index contributed by atoms with van der Waals surface area (Å²) in [5, 5.41) is 0. The van der Waals surface area contributed by atoms with Crippen molar-refractivity contribution in [3.63, 3.8) is 0 Å². The van der Waals surface area contributed by atoms with Gasteiger partial charge in [0.25, 0.3) is 0 Å². The zero-order valence-electron chi connectivity index (χ0n) is 13.8. The number of halogens is 2. The number of hydrogen-bond donors (Lipinski definition) is 1. The van der Waals surface area contributed by atoms with Crippen LogP contribution >= 0.6 is 12.4 Å².